The summed E-state index contributed by atoms with van der Waals surface area (Å²) in [5, 5.41) is 0. The highest BCUT2D eigenvalue weighted by Crippen LogP contribution is 2.23. The molecule has 3 N–H and O–H groups in total. The molecule has 0 unspecified atom stereocenters. The summed E-state index contributed by atoms with van der Waals surface area (Å²) in [4.78, 5) is 11.0. The van der Waals surface area contributed by atoms with Crippen molar-refractivity contribution < 1.29 is 9.47 Å². The van der Waals surface area contributed by atoms with Gasteiger partial charge in [0.2, 0.25) is 0 Å². The smallest absolute Gasteiger partial charge is 0.148 e. The zero-order valence-electron chi connectivity index (χ0n) is 12.8. The molecule has 7 nitrogen and oxygen atoms in total. The Morgan fingerprint density at radius 2 is 1.80 bits per heavy atom. The Bertz CT molecular complexity index is 414. The number of nitrogens with one attached hydrogen (secondary N) is 1. The van der Waals surface area contributed by atoms with Crippen molar-refractivity contribution in [1.29, 1.82) is 0 Å². The number of aromatic nitrogens is 2. The maximum absolute atomic E-state index is 5.51. The molecule has 20 heavy (non-hydrogen) atoms. The minimum atomic E-state index is 0.640. The van der Waals surface area contributed by atoms with Crippen LogP contribution in [0, 0.1) is 13.8 Å². The number of aryl methyl sites for hydroxylation is 1. The van der Waals surface area contributed by atoms with Crippen LogP contribution in [0.4, 0.5) is 11.6 Å². The van der Waals surface area contributed by atoms with E-state index >= 15 is 0 Å². The molecule has 0 fully saturated rings. The maximum atomic E-state index is 5.51. The lowest BCUT2D eigenvalue weighted by Gasteiger charge is -2.26. The average Bonchev–Trinajstić information content (AvgIpc) is 2.45. The van der Waals surface area contributed by atoms with Gasteiger partial charge in [0, 0.05) is 39.5 Å². The fourth-order valence-electron chi connectivity index (χ4n) is 1.99. The highest BCUT2D eigenvalue weighted by atomic mass is 16.5. The minimum absolute atomic E-state index is 0.640. The van der Waals surface area contributed by atoms with Crippen LogP contribution in [0.1, 0.15) is 17.8 Å². The monoisotopic (exact) mass is 283 g/mol. The van der Waals surface area contributed by atoms with E-state index in [9.17, 15) is 0 Å². The lowest BCUT2D eigenvalue weighted by Crippen LogP contribution is -2.31. The van der Waals surface area contributed by atoms with Crippen LogP contribution in [0.15, 0.2) is 0 Å². The summed E-state index contributed by atoms with van der Waals surface area (Å²) in [5.41, 5.74) is 3.56. The van der Waals surface area contributed by atoms with E-state index in [1.807, 2.05) is 13.8 Å². The number of ether oxygens (including phenoxy) is 2. The van der Waals surface area contributed by atoms with Gasteiger partial charge in [0.05, 0.1) is 6.61 Å². The van der Waals surface area contributed by atoms with E-state index in [0.29, 0.717) is 24.9 Å². The van der Waals surface area contributed by atoms with Crippen molar-refractivity contribution in [3.8, 4) is 0 Å². The van der Waals surface area contributed by atoms with Crippen molar-refractivity contribution >= 4 is 11.6 Å². The van der Waals surface area contributed by atoms with Gasteiger partial charge in [-0.15, -0.1) is 0 Å². The van der Waals surface area contributed by atoms with Crippen LogP contribution in [-0.4, -0.2) is 50.5 Å². The highest BCUT2D eigenvalue weighted by Gasteiger charge is 2.15. The van der Waals surface area contributed by atoms with E-state index < -0.39 is 0 Å². The lowest BCUT2D eigenvalue weighted by molar-refractivity contribution is 0.191. The van der Waals surface area contributed by atoms with Gasteiger partial charge in [-0.05, 0) is 20.3 Å². The molecule has 0 spiro atoms. The van der Waals surface area contributed by atoms with Crippen molar-refractivity contribution in [2.45, 2.75) is 20.3 Å². The number of methoxy groups -OCH3 is 2. The summed E-state index contributed by atoms with van der Waals surface area (Å²) >= 11 is 0. The second-order valence-corrected chi connectivity index (χ2v) is 4.54. The molecular formula is C13H25N5O2. The number of nitrogens with zero attached hydrogens (tertiary/aromatic N) is 3. The first-order valence-electron chi connectivity index (χ1n) is 6.68. The number of nitrogen functional groups attached to an aromatic ring is 1. The Balaban J connectivity index is 2.95. The predicted octanol–water partition coefficient (Wildman–Crippen LogP) is 0.868. The molecule has 0 bridgehead atoms. The first kappa shape index (κ1) is 16.6. The summed E-state index contributed by atoms with van der Waals surface area (Å²) in [5.74, 6) is 7.74. The Kier molecular flexibility index (Phi) is 7.21. The molecule has 0 aromatic carbocycles. The number of anilines is 2. The normalized spacial score (nSPS) is 10.7. The number of hydrogen-bond acceptors (Lipinski definition) is 7. The summed E-state index contributed by atoms with van der Waals surface area (Å²) in [6.45, 7) is 6.78. The summed E-state index contributed by atoms with van der Waals surface area (Å²) in [7, 11) is 3.40. The maximum Gasteiger partial charge on any atom is 0.148 e. The summed E-state index contributed by atoms with van der Waals surface area (Å²) in [6, 6.07) is 0. The lowest BCUT2D eigenvalue weighted by atomic mass is 10.2. The molecule has 0 saturated carbocycles. The fraction of sp³-hybridized carbons (Fsp3) is 0.692. The molecular weight excluding hydrogens is 258 g/mol. The van der Waals surface area contributed by atoms with Crippen molar-refractivity contribution in [3.05, 3.63) is 11.4 Å². The van der Waals surface area contributed by atoms with E-state index in [-0.39, 0.29) is 0 Å². The quantitative estimate of drug-likeness (QED) is 0.395. The van der Waals surface area contributed by atoms with Crippen LogP contribution in [0.2, 0.25) is 0 Å². The van der Waals surface area contributed by atoms with Crippen LogP contribution in [0.5, 0.6) is 0 Å². The summed E-state index contributed by atoms with van der Waals surface area (Å²) < 4.78 is 10.3. The molecule has 0 atom stereocenters. The third kappa shape index (κ3) is 4.59. The standard InChI is InChI=1S/C13H25N5O2/c1-10-12(17-14)15-11(2)16-13(10)18(7-9-20-4)6-5-8-19-3/h5-9,14H2,1-4H3,(H,15,16,17). The molecule has 1 heterocycles. The van der Waals surface area contributed by atoms with Crippen LogP contribution in [-0.2, 0) is 9.47 Å². The second kappa shape index (κ2) is 8.68. The van der Waals surface area contributed by atoms with Crippen molar-refractivity contribution in [2.75, 3.05) is 50.8 Å². The molecule has 0 amide bonds. The first-order chi connectivity index (χ1) is 9.63. The largest absolute Gasteiger partial charge is 0.385 e. The zero-order valence-corrected chi connectivity index (χ0v) is 12.8. The van der Waals surface area contributed by atoms with E-state index in [1.54, 1.807) is 14.2 Å². The fourth-order valence-corrected chi connectivity index (χ4v) is 1.99. The third-order valence-electron chi connectivity index (χ3n) is 3.01. The molecule has 0 saturated heterocycles. The average molecular weight is 283 g/mol. The van der Waals surface area contributed by atoms with Gasteiger partial charge in [-0.1, -0.05) is 0 Å². The van der Waals surface area contributed by atoms with Crippen LogP contribution in [0.3, 0.4) is 0 Å². The van der Waals surface area contributed by atoms with E-state index in [1.165, 1.54) is 0 Å². The van der Waals surface area contributed by atoms with Crippen molar-refractivity contribution in [3.63, 3.8) is 0 Å². The number of hydrazine groups is 1. The molecule has 0 aliphatic carbocycles. The number of hydrogen-bond donors (Lipinski definition) is 2. The van der Waals surface area contributed by atoms with Crippen LogP contribution in [0.25, 0.3) is 0 Å². The Morgan fingerprint density at radius 1 is 1.10 bits per heavy atom. The van der Waals surface area contributed by atoms with Crippen molar-refractivity contribution in [1.82, 2.24) is 9.97 Å². The van der Waals surface area contributed by atoms with Gasteiger partial charge in [0.15, 0.2) is 0 Å². The van der Waals surface area contributed by atoms with E-state index in [2.05, 4.69) is 20.3 Å². The molecule has 0 radical (unpaired) electrons. The predicted molar refractivity (Wildman–Crippen MR) is 79.9 cm³/mol. The van der Waals surface area contributed by atoms with E-state index in [0.717, 1.165) is 30.9 Å². The van der Waals surface area contributed by atoms with Gasteiger partial charge in [0.1, 0.15) is 17.5 Å². The van der Waals surface area contributed by atoms with Crippen molar-refractivity contribution in [2.24, 2.45) is 5.84 Å². The Morgan fingerprint density at radius 3 is 2.40 bits per heavy atom. The van der Waals surface area contributed by atoms with Crippen LogP contribution < -0.4 is 16.2 Å². The molecule has 114 valence electrons. The summed E-state index contributed by atoms with van der Waals surface area (Å²) in [6.07, 6.45) is 0.925. The molecule has 7 heteroatoms. The SMILES string of the molecule is COCCCN(CCOC)c1nc(C)nc(NN)c1C. The molecule has 1 aromatic heterocycles. The van der Waals surface area contributed by atoms with Gasteiger partial charge in [-0.3, -0.25) is 0 Å². The van der Waals surface area contributed by atoms with Gasteiger partial charge in [0.25, 0.3) is 0 Å². The van der Waals surface area contributed by atoms with Gasteiger partial charge >= 0.3 is 0 Å². The second-order valence-electron chi connectivity index (χ2n) is 4.54. The molecule has 1 aromatic rings. The van der Waals surface area contributed by atoms with Crippen LogP contribution >= 0.6 is 0 Å². The van der Waals surface area contributed by atoms with Gasteiger partial charge < -0.3 is 19.8 Å². The Hall–Kier alpha value is -1.44. The number of rotatable bonds is 9. The van der Waals surface area contributed by atoms with Gasteiger partial charge in [-0.2, -0.15) is 0 Å². The zero-order chi connectivity index (χ0) is 15.0. The topological polar surface area (TPSA) is 85.5 Å². The highest BCUT2D eigenvalue weighted by molar-refractivity contribution is 5.58. The minimum Gasteiger partial charge on any atom is -0.385 e. The third-order valence-corrected chi connectivity index (χ3v) is 3.01. The molecule has 0 aliphatic heterocycles. The molecule has 0 aliphatic rings. The first-order valence-corrected chi connectivity index (χ1v) is 6.68. The van der Waals surface area contributed by atoms with E-state index in [4.69, 9.17) is 15.3 Å². The Labute approximate surface area is 120 Å². The van der Waals surface area contributed by atoms with Gasteiger partial charge in [-0.25, -0.2) is 15.8 Å². The molecule has 1 rings (SSSR count). The number of nitrogens with two attached hydrogens (primary N) is 1.